The standard InChI is InChI=1S/C13H20ClN3O2/c1-2-19-8-13-16-11(14)6-12(17-13)15-7-9-3-4-10(18)5-9/h6,9-10,18H,2-5,7-8H2,1H3,(H,15,16,17). The van der Waals surface area contributed by atoms with E-state index in [2.05, 4.69) is 15.3 Å². The van der Waals surface area contributed by atoms with Gasteiger partial charge in [0.25, 0.3) is 0 Å². The van der Waals surface area contributed by atoms with Crippen LogP contribution in [0.2, 0.25) is 5.15 Å². The van der Waals surface area contributed by atoms with E-state index < -0.39 is 0 Å². The lowest BCUT2D eigenvalue weighted by molar-refractivity contribution is 0.128. The van der Waals surface area contributed by atoms with Crippen LogP contribution in [-0.4, -0.2) is 34.3 Å². The molecule has 5 nitrogen and oxygen atoms in total. The molecule has 6 heteroatoms. The van der Waals surface area contributed by atoms with E-state index in [-0.39, 0.29) is 6.10 Å². The molecule has 1 aliphatic carbocycles. The first kappa shape index (κ1) is 14.5. The van der Waals surface area contributed by atoms with Gasteiger partial charge in [0.05, 0.1) is 6.10 Å². The van der Waals surface area contributed by atoms with Gasteiger partial charge in [0.15, 0.2) is 5.82 Å². The molecule has 0 bridgehead atoms. The fourth-order valence-corrected chi connectivity index (χ4v) is 2.50. The maximum absolute atomic E-state index is 9.49. The summed E-state index contributed by atoms with van der Waals surface area (Å²) in [5.74, 6) is 1.80. The molecule has 0 aromatic carbocycles. The van der Waals surface area contributed by atoms with Gasteiger partial charge in [-0.2, -0.15) is 0 Å². The molecule has 0 saturated heterocycles. The summed E-state index contributed by atoms with van der Waals surface area (Å²) in [6.07, 6.45) is 2.66. The van der Waals surface area contributed by atoms with Crippen LogP contribution in [0.5, 0.6) is 0 Å². The SMILES string of the molecule is CCOCc1nc(Cl)cc(NCC2CCC(O)C2)n1. The molecule has 106 valence electrons. The molecule has 2 rings (SSSR count). The fourth-order valence-electron chi connectivity index (χ4n) is 2.30. The van der Waals surface area contributed by atoms with Gasteiger partial charge in [0, 0.05) is 19.2 Å². The summed E-state index contributed by atoms with van der Waals surface area (Å²) in [6.45, 7) is 3.72. The Labute approximate surface area is 118 Å². The molecule has 0 amide bonds. The summed E-state index contributed by atoms with van der Waals surface area (Å²) < 4.78 is 5.28. The molecule has 1 aromatic rings. The van der Waals surface area contributed by atoms with Crippen molar-refractivity contribution < 1.29 is 9.84 Å². The average molecular weight is 286 g/mol. The third kappa shape index (κ3) is 4.60. The number of aromatic nitrogens is 2. The molecule has 1 aromatic heterocycles. The second kappa shape index (κ2) is 7.03. The smallest absolute Gasteiger partial charge is 0.158 e. The van der Waals surface area contributed by atoms with Gasteiger partial charge in [0.1, 0.15) is 17.6 Å². The molecule has 2 N–H and O–H groups in total. The number of hydrogen-bond donors (Lipinski definition) is 2. The van der Waals surface area contributed by atoms with Gasteiger partial charge >= 0.3 is 0 Å². The summed E-state index contributed by atoms with van der Waals surface area (Å²) in [4.78, 5) is 8.47. The van der Waals surface area contributed by atoms with Crippen LogP contribution in [0.15, 0.2) is 6.07 Å². The first-order valence-corrected chi connectivity index (χ1v) is 7.08. The predicted octanol–water partition coefficient (Wildman–Crippen LogP) is 2.24. The van der Waals surface area contributed by atoms with E-state index in [1.54, 1.807) is 6.07 Å². The van der Waals surface area contributed by atoms with Gasteiger partial charge < -0.3 is 15.2 Å². The number of nitrogens with zero attached hydrogens (tertiary/aromatic N) is 2. The van der Waals surface area contributed by atoms with Crippen LogP contribution in [0, 0.1) is 5.92 Å². The van der Waals surface area contributed by atoms with Crippen molar-refractivity contribution in [2.24, 2.45) is 5.92 Å². The number of rotatable bonds is 6. The topological polar surface area (TPSA) is 67.3 Å². The minimum absolute atomic E-state index is 0.144. The van der Waals surface area contributed by atoms with Gasteiger partial charge in [-0.3, -0.25) is 0 Å². The molecular formula is C13H20ClN3O2. The predicted molar refractivity (Wildman–Crippen MR) is 74.2 cm³/mol. The molecule has 1 saturated carbocycles. The van der Waals surface area contributed by atoms with Crippen molar-refractivity contribution >= 4 is 17.4 Å². The minimum Gasteiger partial charge on any atom is -0.393 e. The van der Waals surface area contributed by atoms with Crippen molar-refractivity contribution in [2.75, 3.05) is 18.5 Å². The van der Waals surface area contributed by atoms with Crippen LogP contribution in [0.1, 0.15) is 32.0 Å². The van der Waals surface area contributed by atoms with E-state index in [0.717, 1.165) is 31.6 Å². The zero-order valence-corrected chi connectivity index (χ0v) is 11.9. The van der Waals surface area contributed by atoms with E-state index >= 15 is 0 Å². The van der Waals surface area contributed by atoms with Crippen molar-refractivity contribution in [3.63, 3.8) is 0 Å². The largest absolute Gasteiger partial charge is 0.393 e. The zero-order valence-electron chi connectivity index (χ0n) is 11.1. The summed E-state index contributed by atoms with van der Waals surface area (Å²) in [6, 6.07) is 1.71. The number of ether oxygens (including phenoxy) is 1. The Balaban J connectivity index is 1.90. The Morgan fingerprint density at radius 3 is 3.00 bits per heavy atom. The molecular weight excluding hydrogens is 266 g/mol. The highest BCUT2D eigenvalue weighted by Crippen LogP contribution is 2.25. The number of nitrogens with one attached hydrogen (secondary N) is 1. The van der Waals surface area contributed by atoms with Crippen molar-refractivity contribution in [1.29, 1.82) is 0 Å². The van der Waals surface area contributed by atoms with Crippen molar-refractivity contribution in [3.8, 4) is 0 Å². The van der Waals surface area contributed by atoms with E-state index in [4.69, 9.17) is 16.3 Å². The lowest BCUT2D eigenvalue weighted by Gasteiger charge is -2.12. The number of aliphatic hydroxyl groups excluding tert-OH is 1. The second-order valence-electron chi connectivity index (χ2n) is 4.84. The molecule has 2 atom stereocenters. The zero-order chi connectivity index (χ0) is 13.7. The molecule has 0 aliphatic heterocycles. The van der Waals surface area contributed by atoms with Crippen molar-refractivity contribution in [2.45, 2.75) is 38.9 Å². The number of aliphatic hydroxyl groups is 1. The molecule has 19 heavy (non-hydrogen) atoms. The number of halogens is 1. The van der Waals surface area contributed by atoms with Crippen LogP contribution in [-0.2, 0) is 11.3 Å². The van der Waals surface area contributed by atoms with Crippen LogP contribution < -0.4 is 5.32 Å². The second-order valence-corrected chi connectivity index (χ2v) is 5.23. The Kier molecular flexibility index (Phi) is 5.36. The highest BCUT2D eigenvalue weighted by Gasteiger charge is 2.22. The first-order valence-electron chi connectivity index (χ1n) is 6.70. The van der Waals surface area contributed by atoms with Gasteiger partial charge in [-0.15, -0.1) is 0 Å². The minimum atomic E-state index is -0.144. The summed E-state index contributed by atoms with van der Waals surface area (Å²) in [7, 11) is 0. The third-order valence-electron chi connectivity index (χ3n) is 3.26. The first-order chi connectivity index (χ1) is 9.17. The van der Waals surface area contributed by atoms with E-state index in [0.29, 0.717) is 30.1 Å². The highest BCUT2D eigenvalue weighted by atomic mass is 35.5. The Hall–Kier alpha value is -0.910. The maximum Gasteiger partial charge on any atom is 0.158 e. The monoisotopic (exact) mass is 285 g/mol. The lowest BCUT2D eigenvalue weighted by Crippen LogP contribution is -2.14. The maximum atomic E-state index is 9.49. The quantitative estimate of drug-likeness (QED) is 0.785. The Morgan fingerprint density at radius 2 is 2.32 bits per heavy atom. The van der Waals surface area contributed by atoms with Gasteiger partial charge in [0.2, 0.25) is 0 Å². The van der Waals surface area contributed by atoms with E-state index in [9.17, 15) is 5.11 Å². The fraction of sp³-hybridized carbons (Fsp3) is 0.692. The van der Waals surface area contributed by atoms with E-state index in [1.165, 1.54) is 0 Å². The molecule has 1 fully saturated rings. The lowest BCUT2D eigenvalue weighted by atomic mass is 10.1. The highest BCUT2D eigenvalue weighted by molar-refractivity contribution is 6.29. The number of hydrogen-bond acceptors (Lipinski definition) is 5. The van der Waals surface area contributed by atoms with Gasteiger partial charge in [-0.25, -0.2) is 9.97 Å². The summed E-state index contributed by atoms with van der Waals surface area (Å²) >= 11 is 5.96. The molecule has 0 spiro atoms. The van der Waals surface area contributed by atoms with Gasteiger partial charge in [-0.1, -0.05) is 11.6 Å². The van der Waals surface area contributed by atoms with Crippen LogP contribution in [0.25, 0.3) is 0 Å². The Bertz CT molecular complexity index is 417. The van der Waals surface area contributed by atoms with Crippen LogP contribution >= 0.6 is 11.6 Å². The van der Waals surface area contributed by atoms with Crippen LogP contribution in [0.4, 0.5) is 5.82 Å². The molecule has 1 aliphatic rings. The van der Waals surface area contributed by atoms with Crippen molar-refractivity contribution in [1.82, 2.24) is 9.97 Å². The van der Waals surface area contributed by atoms with Crippen LogP contribution in [0.3, 0.4) is 0 Å². The van der Waals surface area contributed by atoms with E-state index in [1.807, 2.05) is 6.92 Å². The summed E-state index contributed by atoms with van der Waals surface area (Å²) in [5, 5.41) is 13.2. The molecule has 2 unspecified atom stereocenters. The van der Waals surface area contributed by atoms with Gasteiger partial charge in [-0.05, 0) is 32.1 Å². The summed E-state index contributed by atoms with van der Waals surface area (Å²) in [5.41, 5.74) is 0. The molecule has 1 heterocycles. The van der Waals surface area contributed by atoms with Crippen molar-refractivity contribution in [3.05, 3.63) is 17.0 Å². The normalized spacial score (nSPS) is 22.7. The third-order valence-corrected chi connectivity index (χ3v) is 3.46. The number of anilines is 1. The molecule has 0 radical (unpaired) electrons. The Morgan fingerprint density at radius 1 is 1.47 bits per heavy atom. The average Bonchev–Trinajstić information content (AvgIpc) is 2.79.